The van der Waals surface area contributed by atoms with E-state index in [9.17, 15) is 17.6 Å². The summed E-state index contributed by atoms with van der Waals surface area (Å²) >= 11 is 8.99. The van der Waals surface area contributed by atoms with E-state index in [2.05, 4.69) is 23.2 Å². The van der Waals surface area contributed by atoms with Crippen LogP contribution in [0.4, 0.5) is 17.6 Å². The van der Waals surface area contributed by atoms with E-state index in [1.54, 1.807) is 0 Å². The number of rotatable bonds is 0. The van der Waals surface area contributed by atoms with Gasteiger partial charge in [-0.05, 0) is 0 Å². The van der Waals surface area contributed by atoms with Gasteiger partial charge in [0, 0.05) is 0 Å². The molecule has 2 unspecified atom stereocenters. The molecule has 0 N–H and O–H groups in total. The van der Waals surface area contributed by atoms with Crippen LogP contribution in [0, 0.1) is 0 Å². The van der Waals surface area contributed by atoms with E-state index < -0.39 is 21.9 Å². The van der Waals surface area contributed by atoms with Crippen molar-refractivity contribution in [2.24, 2.45) is 0 Å². The van der Waals surface area contributed by atoms with Crippen LogP contribution in [0.1, 0.15) is 0 Å². The number of allylic oxidation sites excluding steroid dienone is 2. The van der Waals surface area contributed by atoms with Crippen LogP contribution >= 0.6 is 23.2 Å². The largest absolute Gasteiger partial charge is 0.291 e. The molecule has 0 aromatic rings. The second-order valence-electron chi connectivity index (χ2n) is 1.78. The molecule has 0 heterocycles. The first kappa shape index (κ1) is 8.14. The highest BCUT2D eigenvalue weighted by Crippen LogP contribution is 2.59. The molecule has 1 rings (SSSR count). The van der Waals surface area contributed by atoms with E-state index in [0.29, 0.717) is 0 Å². The van der Waals surface area contributed by atoms with Crippen LogP contribution < -0.4 is 0 Å². The predicted octanol–water partition coefficient (Wildman–Crippen LogP) is 2.96. The highest BCUT2D eigenvalue weighted by atomic mass is 35.5. The summed E-state index contributed by atoms with van der Waals surface area (Å²) in [6.45, 7) is 0. The van der Waals surface area contributed by atoms with E-state index in [4.69, 9.17) is 0 Å². The first-order valence-electron chi connectivity index (χ1n) is 2.13. The average Bonchev–Trinajstić information content (AvgIpc) is 1.84. The Morgan fingerprint density at radius 1 is 0.900 bits per heavy atom. The van der Waals surface area contributed by atoms with E-state index in [1.807, 2.05) is 0 Å². The van der Waals surface area contributed by atoms with E-state index in [-0.39, 0.29) is 0 Å². The van der Waals surface area contributed by atoms with Crippen LogP contribution in [-0.2, 0) is 0 Å². The van der Waals surface area contributed by atoms with Crippen LogP contribution in [0.3, 0.4) is 0 Å². The summed E-state index contributed by atoms with van der Waals surface area (Å²) in [7, 11) is 0. The second-order valence-corrected chi connectivity index (χ2v) is 2.82. The van der Waals surface area contributed by atoms with Gasteiger partial charge in [-0.2, -0.15) is 0 Å². The number of alkyl halides is 4. The van der Waals surface area contributed by atoms with Crippen LogP contribution in [-0.4, -0.2) is 10.3 Å². The van der Waals surface area contributed by atoms with Crippen molar-refractivity contribution in [2.75, 3.05) is 0 Å². The summed E-state index contributed by atoms with van der Waals surface area (Å²) in [4.78, 5) is 0. The Labute approximate surface area is 63.4 Å². The van der Waals surface area contributed by atoms with Crippen molar-refractivity contribution in [3.63, 3.8) is 0 Å². The van der Waals surface area contributed by atoms with Crippen molar-refractivity contribution in [2.45, 2.75) is 10.3 Å². The minimum atomic E-state index is -3.54. The fraction of sp³-hybridized carbons (Fsp3) is 0.500. The van der Waals surface area contributed by atoms with Crippen molar-refractivity contribution in [1.29, 1.82) is 0 Å². The van der Waals surface area contributed by atoms with Crippen molar-refractivity contribution in [3.05, 3.63) is 11.7 Å². The summed E-state index contributed by atoms with van der Waals surface area (Å²) in [5.74, 6) is -3.99. The topological polar surface area (TPSA) is 0 Å². The number of halogens is 6. The monoisotopic (exact) mass is 194 g/mol. The van der Waals surface area contributed by atoms with Gasteiger partial charge in [0.05, 0.1) is 0 Å². The van der Waals surface area contributed by atoms with Gasteiger partial charge in [0.15, 0.2) is 11.7 Å². The molecule has 2 atom stereocenters. The smallest absolute Gasteiger partial charge is 0.213 e. The lowest BCUT2D eigenvalue weighted by atomic mass is 10.0. The molecule has 0 fully saturated rings. The quantitative estimate of drug-likeness (QED) is 0.411. The zero-order valence-corrected chi connectivity index (χ0v) is 5.78. The van der Waals surface area contributed by atoms with Gasteiger partial charge in [0.2, 0.25) is 0 Å². The third kappa shape index (κ3) is 0.636. The Morgan fingerprint density at radius 3 is 1.20 bits per heavy atom. The third-order valence-corrected chi connectivity index (χ3v) is 2.09. The Balaban J connectivity index is 3.10. The Hall–Kier alpha value is 0.0400. The van der Waals surface area contributed by atoms with Crippen molar-refractivity contribution in [1.82, 2.24) is 0 Å². The van der Waals surface area contributed by atoms with Gasteiger partial charge in [-0.15, -0.1) is 0 Å². The third-order valence-electron chi connectivity index (χ3n) is 1.14. The van der Waals surface area contributed by atoms with Gasteiger partial charge >= 0.3 is 0 Å². The highest BCUT2D eigenvalue weighted by Gasteiger charge is 2.69. The Morgan fingerprint density at radius 2 is 1.10 bits per heavy atom. The number of hydrogen-bond donors (Lipinski definition) is 0. The molecule has 58 valence electrons. The van der Waals surface area contributed by atoms with Gasteiger partial charge in [0.1, 0.15) is 0 Å². The van der Waals surface area contributed by atoms with Crippen LogP contribution in [0.2, 0.25) is 0 Å². The summed E-state index contributed by atoms with van der Waals surface area (Å²) in [6.07, 6.45) is 0. The first-order valence-corrected chi connectivity index (χ1v) is 2.89. The van der Waals surface area contributed by atoms with Crippen LogP contribution in [0.25, 0.3) is 0 Å². The molecule has 0 bridgehead atoms. The van der Waals surface area contributed by atoms with Gasteiger partial charge < -0.3 is 0 Å². The minimum absolute atomic E-state index is 1.99. The molecule has 1 aliphatic rings. The maximum atomic E-state index is 12.2. The molecule has 10 heavy (non-hydrogen) atoms. The molecular weight excluding hydrogens is 195 g/mol. The molecule has 0 nitrogen and oxygen atoms in total. The molecule has 0 spiro atoms. The van der Waals surface area contributed by atoms with Gasteiger partial charge in [-0.1, -0.05) is 23.2 Å². The van der Waals surface area contributed by atoms with Crippen LogP contribution in [0.15, 0.2) is 11.7 Å². The minimum Gasteiger partial charge on any atom is -0.213 e. The molecular formula is C4Cl2F4. The normalized spacial score (nSPS) is 47.4. The van der Waals surface area contributed by atoms with E-state index in [0.717, 1.165) is 0 Å². The summed E-state index contributed by atoms with van der Waals surface area (Å²) in [5.41, 5.74) is 0. The summed E-state index contributed by atoms with van der Waals surface area (Å²) in [6, 6.07) is 0. The lowest BCUT2D eigenvalue weighted by molar-refractivity contribution is 0.0556. The SMILES string of the molecule is FC1=C(F)C(F)(Cl)C1(F)Cl. The Bertz CT molecular complexity index is 185. The molecule has 0 radical (unpaired) electrons. The maximum Gasteiger partial charge on any atom is 0.291 e. The molecule has 0 saturated heterocycles. The van der Waals surface area contributed by atoms with Crippen molar-refractivity contribution in [3.8, 4) is 0 Å². The Kier molecular flexibility index (Phi) is 1.46. The summed E-state index contributed by atoms with van der Waals surface area (Å²) < 4.78 is 48.1. The second kappa shape index (κ2) is 1.80. The lowest BCUT2D eigenvalue weighted by Crippen LogP contribution is -2.49. The molecule has 0 amide bonds. The molecule has 0 aromatic heterocycles. The number of hydrogen-bond acceptors (Lipinski definition) is 0. The summed E-state index contributed by atoms with van der Waals surface area (Å²) in [5, 5.41) is -7.09. The van der Waals surface area contributed by atoms with Gasteiger partial charge in [-0.25, -0.2) is 17.6 Å². The lowest BCUT2D eigenvalue weighted by Gasteiger charge is -2.35. The van der Waals surface area contributed by atoms with E-state index in [1.165, 1.54) is 0 Å². The molecule has 0 aliphatic heterocycles. The first-order chi connectivity index (χ1) is 4.32. The molecule has 1 aliphatic carbocycles. The zero-order chi connectivity index (χ0) is 8.15. The molecule has 0 saturated carbocycles. The highest BCUT2D eigenvalue weighted by molar-refractivity contribution is 6.37. The molecule has 0 aromatic carbocycles. The fourth-order valence-corrected chi connectivity index (χ4v) is 0.821. The van der Waals surface area contributed by atoms with E-state index >= 15 is 0 Å². The van der Waals surface area contributed by atoms with Crippen LogP contribution in [0.5, 0.6) is 0 Å². The predicted molar refractivity (Wildman–Crippen MR) is 28.6 cm³/mol. The zero-order valence-electron chi connectivity index (χ0n) is 4.27. The van der Waals surface area contributed by atoms with Crippen molar-refractivity contribution >= 4 is 23.2 Å². The van der Waals surface area contributed by atoms with Gasteiger partial charge in [0.25, 0.3) is 10.3 Å². The van der Waals surface area contributed by atoms with Gasteiger partial charge in [-0.3, -0.25) is 0 Å². The molecule has 6 heteroatoms. The standard InChI is InChI=1S/C4Cl2F4/c5-3(9)1(7)2(8)4(3,6)10. The van der Waals surface area contributed by atoms with Crippen molar-refractivity contribution < 1.29 is 17.6 Å². The maximum absolute atomic E-state index is 12.2. The fourth-order valence-electron chi connectivity index (χ4n) is 0.489. The average molecular weight is 195 g/mol.